The fourth-order valence-electron chi connectivity index (χ4n) is 3.05. The van der Waals surface area contributed by atoms with Crippen molar-refractivity contribution >= 4 is 23.2 Å². The standard InChI is InChI=1S/C22H26N4O2/c1-14-10-15(2)21(16(3)11-14)25-20(27)13-26(5)17(4)22(28)24-19-9-7-6-8-18(19)12-23/h6-11,17H,13H2,1-5H3,(H,24,28)(H,25,27)/t17-/m1/s1. The van der Waals surface area contributed by atoms with E-state index in [-0.39, 0.29) is 18.4 Å². The van der Waals surface area contributed by atoms with E-state index in [0.29, 0.717) is 11.3 Å². The summed E-state index contributed by atoms with van der Waals surface area (Å²) < 4.78 is 0. The first-order valence-corrected chi connectivity index (χ1v) is 9.11. The molecule has 0 fully saturated rings. The van der Waals surface area contributed by atoms with Crippen molar-refractivity contribution in [1.29, 1.82) is 5.26 Å². The molecule has 0 aliphatic rings. The van der Waals surface area contributed by atoms with Crippen molar-refractivity contribution in [2.24, 2.45) is 0 Å². The molecule has 146 valence electrons. The van der Waals surface area contributed by atoms with E-state index in [1.165, 1.54) is 0 Å². The van der Waals surface area contributed by atoms with Gasteiger partial charge in [-0.15, -0.1) is 0 Å². The van der Waals surface area contributed by atoms with E-state index in [1.54, 1.807) is 43.1 Å². The van der Waals surface area contributed by atoms with Crippen LogP contribution in [0.1, 0.15) is 29.2 Å². The Bertz CT molecular complexity index is 907. The number of para-hydroxylation sites is 1. The average Bonchev–Trinajstić information content (AvgIpc) is 2.64. The second kappa shape index (κ2) is 9.16. The Morgan fingerprint density at radius 3 is 2.32 bits per heavy atom. The summed E-state index contributed by atoms with van der Waals surface area (Å²) >= 11 is 0. The summed E-state index contributed by atoms with van der Waals surface area (Å²) in [6.07, 6.45) is 0. The first kappa shape index (κ1) is 21.1. The van der Waals surface area contributed by atoms with Gasteiger partial charge < -0.3 is 10.6 Å². The van der Waals surface area contributed by atoms with Crippen molar-refractivity contribution in [2.75, 3.05) is 24.2 Å². The minimum atomic E-state index is -0.544. The number of aryl methyl sites for hydroxylation is 3. The zero-order chi connectivity index (χ0) is 20.8. The third kappa shape index (κ3) is 5.18. The van der Waals surface area contributed by atoms with Crippen LogP contribution >= 0.6 is 0 Å². The van der Waals surface area contributed by atoms with Gasteiger partial charge in [0.15, 0.2) is 0 Å². The summed E-state index contributed by atoms with van der Waals surface area (Å²) in [4.78, 5) is 26.6. The van der Waals surface area contributed by atoms with Crippen LogP contribution in [0.4, 0.5) is 11.4 Å². The van der Waals surface area contributed by atoms with Gasteiger partial charge in [0.25, 0.3) is 0 Å². The van der Waals surface area contributed by atoms with Gasteiger partial charge in [-0.1, -0.05) is 29.8 Å². The third-order valence-corrected chi connectivity index (χ3v) is 4.68. The zero-order valence-electron chi connectivity index (χ0n) is 17.0. The Balaban J connectivity index is 2.00. The van der Waals surface area contributed by atoms with E-state index in [4.69, 9.17) is 5.26 Å². The fraction of sp³-hybridized carbons (Fsp3) is 0.318. The summed E-state index contributed by atoms with van der Waals surface area (Å²) in [5.41, 5.74) is 4.83. The molecule has 2 rings (SSSR count). The molecule has 2 aromatic carbocycles. The Morgan fingerprint density at radius 2 is 1.71 bits per heavy atom. The minimum absolute atomic E-state index is 0.0707. The normalized spacial score (nSPS) is 11.6. The maximum Gasteiger partial charge on any atom is 0.241 e. The van der Waals surface area contributed by atoms with Crippen LogP contribution in [0.5, 0.6) is 0 Å². The highest BCUT2D eigenvalue weighted by molar-refractivity contribution is 5.97. The van der Waals surface area contributed by atoms with Crippen molar-refractivity contribution < 1.29 is 9.59 Å². The number of nitriles is 1. The molecule has 2 amide bonds. The first-order valence-electron chi connectivity index (χ1n) is 9.11. The molecule has 0 saturated carbocycles. The minimum Gasteiger partial charge on any atom is -0.324 e. The summed E-state index contributed by atoms with van der Waals surface area (Å²) in [5.74, 6) is -0.463. The molecule has 0 saturated heterocycles. The molecule has 0 unspecified atom stereocenters. The Labute approximate surface area is 166 Å². The molecule has 0 spiro atoms. The van der Waals surface area contributed by atoms with Gasteiger partial charge in [0.05, 0.1) is 23.8 Å². The number of rotatable bonds is 6. The smallest absolute Gasteiger partial charge is 0.241 e. The summed E-state index contributed by atoms with van der Waals surface area (Å²) in [7, 11) is 1.72. The highest BCUT2D eigenvalue weighted by Crippen LogP contribution is 2.22. The van der Waals surface area contributed by atoms with Crippen LogP contribution in [-0.4, -0.2) is 36.3 Å². The molecule has 0 radical (unpaired) electrons. The van der Waals surface area contributed by atoms with Crippen LogP contribution in [0.25, 0.3) is 0 Å². The molecule has 0 aliphatic heterocycles. The lowest BCUT2D eigenvalue weighted by Gasteiger charge is -2.24. The van der Waals surface area contributed by atoms with Gasteiger partial charge >= 0.3 is 0 Å². The second-order valence-electron chi connectivity index (χ2n) is 7.06. The van der Waals surface area contributed by atoms with Crippen LogP contribution in [0.3, 0.4) is 0 Å². The van der Waals surface area contributed by atoms with Gasteiger partial charge in [-0.3, -0.25) is 14.5 Å². The van der Waals surface area contributed by atoms with Crippen molar-refractivity contribution in [3.05, 3.63) is 58.7 Å². The number of hydrogen-bond donors (Lipinski definition) is 2. The van der Waals surface area contributed by atoms with E-state index < -0.39 is 6.04 Å². The number of nitrogens with one attached hydrogen (secondary N) is 2. The Morgan fingerprint density at radius 1 is 1.11 bits per heavy atom. The lowest BCUT2D eigenvalue weighted by Crippen LogP contribution is -2.43. The fourth-order valence-corrected chi connectivity index (χ4v) is 3.05. The topological polar surface area (TPSA) is 85.2 Å². The molecule has 0 aromatic heterocycles. The average molecular weight is 378 g/mol. The number of nitrogens with zero attached hydrogens (tertiary/aromatic N) is 2. The van der Waals surface area contributed by atoms with E-state index >= 15 is 0 Å². The van der Waals surface area contributed by atoms with E-state index in [2.05, 4.69) is 16.7 Å². The maximum atomic E-state index is 12.5. The van der Waals surface area contributed by atoms with E-state index in [1.807, 2.05) is 32.9 Å². The number of amides is 2. The van der Waals surface area contributed by atoms with Crippen LogP contribution in [0.2, 0.25) is 0 Å². The van der Waals surface area contributed by atoms with Gasteiger partial charge in [-0.2, -0.15) is 5.26 Å². The number of anilines is 2. The first-order chi connectivity index (χ1) is 13.2. The summed E-state index contributed by atoms with van der Waals surface area (Å²) in [5, 5.41) is 14.8. The van der Waals surface area contributed by atoms with Gasteiger partial charge in [0, 0.05) is 5.69 Å². The van der Waals surface area contributed by atoms with E-state index in [9.17, 15) is 9.59 Å². The number of benzene rings is 2. The molecule has 0 aliphatic carbocycles. The van der Waals surface area contributed by atoms with Crippen LogP contribution < -0.4 is 10.6 Å². The zero-order valence-corrected chi connectivity index (χ0v) is 17.0. The Hall–Kier alpha value is -3.17. The molecule has 2 aromatic rings. The molecule has 1 atom stereocenters. The largest absolute Gasteiger partial charge is 0.324 e. The van der Waals surface area contributed by atoms with Crippen molar-refractivity contribution in [3.8, 4) is 6.07 Å². The van der Waals surface area contributed by atoms with Crippen molar-refractivity contribution in [2.45, 2.75) is 33.7 Å². The third-order valence-electron chi connectivity index (χ3n) is 4.68. The number of carbonyl (C=O) groups excluding carboxylic acids is 2. The summed E-state index contributed by atoms with van der Waals surface area (Å²) in [6, 6.07) is 12.4. The van der Waals surface area contributed by atoms with Crippen LogP contribution in [0, 0.1) is 32.1 Å². The number of carbonyl (C=O) groups is 2. The predicted molar refractivity (Wildman–Crippen MR) is 111 cm³/mol. The van der Waals surface area contributed by atoms with Crippen LogP contribution in [-0.2, 0) is 9.59 Å². The maximum absolute atomic E-state index is 12.5. The van der Waals surface area contributed by atoms with Gasteiger partial charge in [0.2, 0.25) is 11.8 Å². The quantitative estimate of drug-likeness (QED) is 0.807. The second-order valence-corrected chi connectivity index (χ2v) is 7.06. The van der Waals surface area contributed by atoms with Crippen molar-refractivity contribution in [1.82, 2.24) is 4.90 Å². The van der Waals surface area contributed by atoms with Crippen molar-refractivity contribution in [3.63, 3.8) is 0 Å². The highest BCUT2D eigenvalue weighted by Gasteiger charge is 2.21. The molecule has 0 heterocycles. The lowest BCUT2D eigenvalue weighted by atomic mass is 10.1. The number of hydrogen-bond acceptors (Lipinski definition) is 4. The molecule has 6 heteroatoms. The lowest BCUT2D eigenvalue weighted by molar-refractivity contribution is -0.122. The summed E-state index contributed by atoms with van der Waals surface area (Å²) in [6.45, 7) is 7.73. The highest BCUT2D eigenvalue weighted by atomic mass is 16.2. The molecule has 2 N–H and O–H groups in total. The van der Waals surface area contributed by atoms with Crippen LogP contribution in [0.15, 0.2) is 36.4 Å². The number of likely N-dealkylation sites (N-methyl/N-ethyl adjacent to an activating group) is 1. The molecular formula is C22H26N4O2. The molecule has 28 heavy (non-hydrogen) atoms. The monoisotopic (exact) mass is 378 g/mol. The molecule has 0 bridgehead atoms. The van der Waals surface area contributed by atoms with Gasteiger partial charge in [-0.05, 0) is 58.0 Å². The molecular weight excluding hydrogens is 352 g/mol. The Kier molecular flexibility index (Phi) is 6.91. The predicted octanol–water partition coefficient (Wildman–Crippen LogP) is 3.38. The van der Waals surface area contributed by atoms with Gasteiger partial charge in [0.1, 0.15) is 6.07 Å². The SMILES string of the molecule is Cc1cc(C)c(NC(=O)CN(C)[C@H](C)C(=O)Nc2ccccc2C#N)c(C)c1. The molecule has 6 nitrogen and oxygen atoms in total. The van der Waals surface area contributed by atoms with E-state index in [0.717, 1.165) is 22.4 Å². The van der Waals surface area contributed by atoms with Gasteiger partial charge in [-0.25, -0.2) is 0 Å².